The fourth-order valence-electron chi connectivity index (χ4n) is 2.61. The summed E-state index contributed by atoms with van der Waals surface area (Å²) < 4.78 is 1.40. The van der Waals surface area contributed by atoms with Crippen LogP contribution in [0, 0.1) is 0 Å². The first-order valence-electron chi connectivity index (χ1n) is 6.91. The molecule has 0 fully saturated rings. The van der Waals surface area contributed by atoms with E-state index in [0.717, 1.165) is 12.8 Å². The Kier molecular flexibility index (Phi) is 4.09. The molecule has 2 nitrogen and oxygen atoms in total. The quantitative estimate of drug-likeness (QED) is 0.759. The first kappa shape index (κ1) is 13.3. The van der Waals surface area contributed by atoms with E-state index in [2.05, 4.69) is 52.1 Å². The van der Waals surface area contributed by atoms with E-state index < -0.39 is 0 Å². The molecule has 2 aromatic heterocycles. The fourth-order valence-corrected chi connectivity index (χ4v) is 3.58. The number of aryl methyl sites for hydroxylation is 1. The molecule has 3 rings (SSSR count). The second-order valence-electron chi connectivity index (χ2n) is 4.92. The van der Waals surface area contributed by atoms with E-state index >= 15 is 0 Å². The van der Waals surface area contributed by atoms with Gasteiger partial charge in [0, 0.05) is 23.1 Å². The molecular formula is C17H18N2S. The molecule has 2 heterocycles. The van der Waals surface area contributed by atoms with Gasteiger partial charge in [0.25, 0.3) is 0 Å². The van der Waals surface area contributed by atoms with Gasteiger partial charge in [-0.05, 0) is 60.0 Å². The van der Waals surface area contributed by atoms with Crippen LogP contribution in [0.5, 0.6) is 0 Å². The molecule has 20 heavy (non-hydrogen) atoms. The van der Waals surface area contributed by atoms with Gasteiger partial charge in [-0.15, -0.1) is 11.3 Å². The average Bonchev–Trinajstić information content (AvgIpc) is 2.98. The summed E-state index contributed by atoms with van der Waals surface area (Å²) in [5, 5.41) is 6.98. The fraction of sp³-hybridized carbons (Fsp3) is 0.235. The number of rotatable bonds is 5. The Hall–Kier alpha value is -1.71. The number of nitrogens with zero attached hydrogens (tertiary/aromatic N) is 1. The summed E-state index contributed by atoms with van der Waals surface area (Å²) in [4.78, 5) is 4.07. The highest BCUT2D eigenvalue weighted by Gasteiger charge is 2.13. The van der Waals surface area contributed by atoms with Crippen LogP contribution in [-0.4, -0.2) is 12.0 Å². The van der Waals surface area contributed by atoms with E-state index in [1.54, 1.807) is 0 Å². The maximum absolute atomic E-state index is 4.07. The van der Waals surface area contributed by atoms with E-state index in [1.807, 2.05) is 30.8 Å². The van der Waals surface area contributed by atoms with Crippen molar-refractivity contribution in [1.29, 1.82) is 0 Å². The van der Waals surface area contributed by atoms with Crippen LogP contribution in [0.15, 0.2) is 54.2 Å². The Morgan fingerprint density at radius 2 is 2.00 bits per heavy atom. The molecule has 3 aromatic rings. The van der Waals surface area contributed by atoms with E-state index in [-0.39, 0.29) is 0 Å². The van der Waals surface area contributed by atoms with Crippen molar-refractivity contribution < 1.29 is 0 Å². The maximum atomic E-state index is 4.07. The molecule has 3 heteroatoms. The highest BCUT2D eigenvalue weighted by molar-refractivity contribution is 7.17. The van der Waals surface area contributed by atoms with Gasteiger partial charge in [-0.3, -0.25) is 4.98 Å². The van der Waals surface area contributed by atoms with Crippen LogP contribution in [0.2, 0.25) is 0 Å². The normalized spacial score (nSPS) is 12.7. The summed E-state index contributed by atoms with van der Waals surface area (Å²) in [7, 11) is 2.05. The molecule has 1 atom stereocenters. The minimum absolute atomic E-state index is 0.394. The minimum atomic E-state index is 0.394. The highest BCUT2D eigenvalue weighted by Crippen LogP contribution is 2.30. The lowest BCUT2D eigenvalue weighted by atomic mass is 9.98. The summed E-state index contributed by atoms with van der Waals surface area (Å²) >= 11 is 1.83. The zero-order valence-electron chi connectivity index (χ0n) is 11.5. The third-order valence-corrected chi connectivity index (χ3v) is 4.68. The second-order valence-corrected chi connectivity index (χ2v) is 5.84. The van der Waals surface area contributed by atoms with Gasteiger partial charge >= 0.3 is 0 Å². The molecule has 0 spiro atoms. The molecule has 0 radical (unpaired) electrons. The van der Waals surface area contributed by atoms with Gasteiger partial charge < -0.3 is 5.32 Å². The average molecular weight is 282 g/mol. The molecule has 0 saturated heterocycles. The summed E-state index contributed by atoms with van der Waals surface area (Å²) in [5.74, 6) is 0. The molecule has 1 unspecified atom stereocenters. The molecule has 0 aliphatic rings. The lowest BCUT2D eigenvalue weighted by Gasteiger charge is -2.17. The monoisotopic (exact) mass is 282 g/mol. The van der Waals surface area contributed by atoms with Crippen LogP contribution < -0.4 is 5.32 Å². The summed E-state index contributed by atoms with van der Waals surface area (Å²) in [6.07, 6.45) is 5.89. The number of aromatic nitrogens is 1. The van der Waals surface area contributed by atoms with E-state index in [4.69, 9.17) is 0 Å². The van der Waals surface area contributed by atoms with Crippen molar-refractivity contribution in [2.75, 3.05) is 7.05 Å². The first-order valence-corrected chi connectivity index (χ1v) is 7.79. The van der Waals surface area contributed by atoms with E-state index in [1.165, 1.54) is 21.2 Å². The van der Waals surface area contributed by atoms with Crippen molar-refractivity contribution in [3.8, 4) is 0 Å². The molecular weight excluding hydrogens is 264 g/mol. The molecule has 0 bridgehead atoms. The molecule has 0 amide bonds. The third kappa shape index (κ3) is 2.74. The number of fused-ring (bicyclic) bond motifs is 1. The first-order chi connectivity index (χ1) is 9.88. The Balaban J connectivity index is 1.81. The van der Waals surface area contributed by atoms with Crippen LogP contribution in [0.4, 0.5) is 0 Å². The zero-order valence-corrected chi connectivity index (χ0v) is 12.4. The van der Waals surface area contributed by atoms with Crippen LogP contribution in [0.25, 0.3) is 10.1 Å². The van der Waals surface area contributed by atoms with Gasteiger partial charge in [0.2, 0.25) is 0 Å². The largest absolute Gasteiger partial charge is 0.313 e. The minimum Gasteiger partial charge on any atom is -0.313 e. The van der Waals surface area contributed by atoms with Crippen molar-refractivity contribution in [3.63, 3.8) is 0 Å². The van der Waals surface area contributed by atoms with Gasteiger partial charge in [0.1, 0.15) is 0 Å². The Labute approximate surface area is 123 Å². The predicted octanol–water partition coefficient (Wildman–Crippen LogP) is 4.19. The van der Waals surface area contributed by atoms with Gasteiger partial charge in [-0.25, -0.2) is 0 Å². The van der Waals surface area contributed by atoms with E-state index in [0.29, 0.717) is 6.04 Å². The van der Waals surface area contributed by atoms with Crippen molar-refractivity contribution in [1.82, 2.24) is 10.3 Å². The Morgan fingerprint density at radius 1 is 1.15 bits per heavy atom. The summed E-state index contributed by atoms with van der Waals surface area (Å²) in [6, 6.07) is 13.4. The second kappa shape index (κ2) is 6.16. The van der Waals surface area contributed by atoms with Gasteiger partial charge in [0.05, 0.1) is 0 Å². The number of hydrogen-bond donors (Lipinski definition) is 1. The summed E-state index contributed by atoms with van der Waals surface area (Å²) in [6.45, 7) is 0. The van der Waals surface area contributed by atoms with Gasteiger partial charge in [-0.2, -0.15) is 0 Å². The molecule has 0 aliphatic carbocycles. The van der Waals surface area contributed by atoms with Crippen LogP contribution >= 0.6 is 11.3 Å². The van der Waals surface area contributed by atoms with Crippen LogP contribution in [-0.2, 0) is 6.42 Å². The number of benzene rings is 1. The number of pyridine rings is 1. The third-order valence-electron chi connectivity index (χ3n) is 3.70. The molecule has 0 aliphatic heterocycles. The zero-order chi connectivity index (χ0) is 13.8. The Bertz CT molecular complexity index is 676. The highest BCUT2D eigenvalue weighted by atomic mass is 32.1. The lowest BCUT2D eigenvalue weighted by Crippen LogP contribution is -2.17. The van der Waals surface area contributed by atoms with Crippen molar-refractivity contribution in [2.24, 2.45) is 0 Å². The van der Waals surface area contributed by atoms with Gasteiger partial charge in [-0.1, -0.05) is 18.2 Å². The van der Waals surface area contributed by atoms with Gasteiger partial charge in [0.15, 0.2) is 0 Å². The molecule has 1 N–H and O–H groups in total. The molecule has 1 aromatic carbocycles. The van der Waals surface area contributed by atoms with Crippen LogP contribution in [0.1, 0.15) is 23.6 Å². The number of thiophene rings is 1. The SMILES string of the molecule is CNC(CCc1ccncc1)c1cccc2ccsc12. The molecule has 0 saturated carbocycles. The van der Waals surface area contributed by atoms with Crippen molar-refractivity contribution in [2.45, 2.75) is 18.9 Å². The van der Waals surface area contributed by atoms with Crippen molar-refractivity contribution >= 4 is 21.4 Å². The van der Waals surface area contributed by atoms with Crippen LogP contribution in [0.3, 0.4) is 0 Å². The van der Waals surface area contributed by atoms with E-state index in [9.17, 15) is 0 Å². The van der Waals surface area contributed by atoms with Crippen molar-refractivity contribution in [3.05, 3.63) is 65.3 Å². The summed E-state index contributed by atoms with van der Waals surface area (Å²) in [5.41, 5.74) is 2.76. The smallest absolute Gasteiger partial charge is 0.0390 e. The lowest BCUT2D eigenvalue weighted by molar-refractivity contribution is 0.553. The maximum Gasteiger partial charge on any atom is 0.0390 e. The number of nitrogens with one attached hydrogen (secondary N) is 1. The number of hydrogen-bond acceptors (Lipinski definition) is 3. The molecule has 102 valence electrons. The Morgan fingerprint density at radius 3 is 2.80 bits per heavy atom. The predicted molar refractivity (Wildman–Crippen MR) is 86.2 cm³/mol. The topological polar surface area (TPSA) is 24.9 Å². The standard InChI is InChI=1S/C17H18N2S/c1-18-16(6-5-13-7-10-19-11-8-13)15-4-2-3-14-9-12-20-17(14)15/h2-4,7-12,16,18H,5-6H2,1H3.